The molecule has 1 N–H and O–H groups in total. The van der Waals surface area contributed by atoms with Gasteiger partial charge < -0.3 is 19.7 Å². The van der Waals surface area contributed by atoms with Gasteiger partial charge >= 0.3 is 0 Å². The lowest BCUT2D eigenvalue weighted by Crippen LogP contribution is -2.41. The highest BCUT2D eigenvalue weighted by Crippen LogP contribution is 2.25. The summed E-state index contributed by atoms with van der Waals surface area (Å²) in [7, 11) is 3.50. The van der Waals surface area contributed by atoms with Crippen molar-refractivity contribution < 1.29 is 9.47 Å². The van der Waals surface area contributed by atoms with Crippen LogP contribution in [0.15, 0.2) is 29.3 Å². The van der Waals surface area contributed by atoms with Crippen LogP contribution in [0.5, 0.6) is 5.75 Å². The standard InChI is InChI=1S/C22H38N4O2.HI/c1-6-23-22(26-13-12-18(16-26)17-27-4)24-15-21(25(7-2)8-3)19-10-9-11-20(14-19)28-5;/h9-11,14,18,21H,6-8,12-13,15-17H2,1-5H3,(H,23,24);1H. The number of likely N-dealkylation sites (N-methyl/N-ethyl adjacent to an activating group) is 1. The fraction of sp³-hybridized carbons (Fsp3) is 0.682. The molecule has 1 aliphatic rings. The SMILES string of the molecule is CCNC(=NCC(c1cccc(OC)c1)N(CC)CC)N1CCC(COC)C1.I. The molecule has 7 heteroatoms. The van der Waals surface area contributed by atoms with Crippen molar-refractivity contribution in [2.45, 2.75) is 33.2 Å². The molecular formula is C22H39IN4O2. The van der Waals surface area contributed by atoms with Crippen molar-refractivity contribution in [1.82, 2.24) is 15.1 Å². The first-order chi connectivity index (χ1) is 13.7. The van der Waals surface area contributed by atoms with Gasteiger partial charge in [0.25, 0.3) is 0 Å². The Morgan fingerprint density at radius 3 is 2.66 bits per heavy atom. The first kappa shape index (κ1) is 26.0. The van der Waals surface area contributed by atoms with Crippen LogP contribution in [0.4, 0.5) is 0 Å². The highest BCUT2D eigenvalue weighted by molar-refractivity contribution is 14.0. The number of nitrogens with zero attached hydrogens (tertiary/aromatic N) is 3. The number of benzene rings is 1. The van der Waals surface area contributed by atoms with E-state index in [2.05, 4.69) is 54.1 Å². The molecule has 1 aliphatic heterocycles. The highest BCUT2D eigenvalue weighted by Gasteiger charge is 2.25. The molecule has 0 bridgehead atoms. The molecule has 0 aliphatic carbocycles. The van der Waals surface area contributed by atoms with Gasteiger partial charge in [0, 0.05) is 32.7 Å². The summed E-state index contributed by atoms with van der Waals surface area (Å²) in [6.07, 6.45) is 1.16. The van der Waals surface area contributed by atoms with E-state index >= 15 is 0 Å². The Balaban J connectivity index is 0.00000420. The van der Waals surface area contributed by atoms with Crippen LogP contribution in [0.3, 0.4) is 0 Å². The molecule has 1 aromatic rings. The Hall–Kier alpha value is -1.06. The molecule has 1 saturated heterocycles. The van der Waals surface area contributed by atoms with Gasteiger partial charge in [0.15, 0.2) is 5.96 Å². The van der Waals surface area contributed by atoms with Crippen molar-refractivity contribution in [1.29, 1.82) is 0 Å². The molecule has 1 heterocycles. The molecule has 0 aromatic heterocycles. The van der Waals surface area contributed by atoms with Crippen molar-refractivity contribution in [3.05, 3.63) is 29.8 Å². The molecular weight excluding hydrogens is 479 g/mol. The number of methoxy groups -OCH3 is 2. The Kier molecular flexibility index (Phi) is 12.6. The van der Waals surface area contributed by atoms with Gasteiger partial charge in [-0.15, -0.1) is 24.0 Å². The lowest BCUT2D eigenvalue weighted by molar-refractivity contribution is 0.157. The van der Waals surface area contributed by atoms with Crippen molar-refractivity contribution in [2.24, 2.45) is 10.9 Å². The summed E-state index contributed by atoms with van der Waals surface area (Å²) in [5.41, 5.74) is 1.25. The fourth-order valence-corrected chi connectivity index (χ4v) is 3.94. The number of hydrogen-bond acceptors (Lipinski definition) is 4. The van der Waals surface area contributed by atoms with Crippen molar-refractivity contribution >= 4 is 29.9 Å². The first-order valence-corrected chi connectivity index (χ1v) is 10.6. The molecule has 0 saturated carbocycles. The van der Waals surface area contributed by atoms with E-state index < -0.39 is 0 Å². The first-order valence-electron chi connectivity index (χ1n) is 10.6. The number of guanidine groups is 1. The second-order valence-electron chi connectivity index (χ2n) is 7.26. The Bertz CT molecular complexity index is 610. The third kappa shape index (κ3) is 7.61. The molecule has 2 rings (SSSR count). The zero-order valence-corrected chi connectivity index (χ0v) is 21.0. The van der Waals surface area contributed by atoms with Crippen LogP contribution in [-0.4, -0.2) is 75.9 Å². The molecule has 166 valence electrons. The minimum Gasteiger partial charge on any atom is -0.497 e. The van der Waals surface area contributed by atoms with Gasteiger partial charge in [0.2, 0.25) is 0 Å². The summed E-state index contributed by atoms with van der Waals surface area (Å²) in [6.45, 7) is 13.0. The number of aliphatic imine (C=N–C) groups is 1. The maximum atomic E-state index is 5.45. The Morgan fingerprint density at radius 1 is 1.28 bits per heavy atom. The van der Waals surface area contributed by atoms with E-state index in [1.54, 1.807) is 14.2 Å². The Morgan fingerprint density at radius 2 is 2.03 bits per heavy atom. The summed E-state index contributed by atoms with van der Waals surface area (Å²) in [5, 5.41) is 3.48. The second kappa shape index (κ2) is 14.0. The summed E-state index contributed by atoms with van der Waals surface area (Å²) >= 11 is 0. The van der Waals surface area contributed by atoms with E-state index in [-0.39, 0.29) is 30.0 Å². The van der Waals surface area contributed by atoms with E-state index in [0.717, 1.165) is 64.0 Å². The summed E-state index contributed by atoms with van der Waals surface area (Å²) in [5.74, 6) is 2.50. The van der Waals surface area contributed by atoms with Crippen LogP contribution >= 0.6 is 24.0 Å². The smallest absolute Gasteiger partial charge is 0.193 e. The molecule has 0 amide bonds. The number of rotatable bonds is 10. The third-order valence-electron chi connectivity index (χ3n) is 5.47. The lowest BCUT2D eigenvalue weighted by atomic mass is 10.0. The van der Waals surface area contributed by atoms with Crippen molar-refractivity contribution in [2.75, 3.05) is 60.1 Å². The van der Waals surface area contributed by atoms with Gasteiger partial charge in [-0.25, -0.2) is 0 Å². The fourth-order valence-electron chi connectivity index (χ4n) is 3.94. The lowest BCUT2D eigenvalue weighted by Gasteiger charge is -2.30. The average molecular weight is 518 g/mol. The monoisotopic (exact) mass is 518 g/mol. The van der Waals surface area contributed by atoms with Crippen LogP contribution in [0, 0.1) is 5.92 Å². The van der Waals surface area contributed by atoms with Crippen LogP contribution in [-0.2, 0) is 4.74 Å². The van der Waals surface area contributed by atoms with Gasteiger partial charge in [0.1, 0.15) is 5.75 Å². The third-order valence-corrected chi connectivity index (χ3v) is 5.47. The average Bonchev–Trinajstić information content (AvgIpc) is 3.19. The quantitative estimate of drug-likeness (QED) is 0.291. The zero-order valence-electron chi connectivity index (χ0n) is 18.7. The maximum Gasteiger partial charge on any atom is 0.193 e. The van der Waals surface area contributed by atoms with Gasteiger partial charge in [-0.1, -0.05) is 26.0 Å². The van der Waals surface area contributed by atoms with Crippen molar-refractivity contribution in [3.8, 4) is 5.75 Å². The van der Waals surface area contributed by atoms with E-state index in [4.69, 9.17) is 14.5 Å². The van der Waals surface area contributed by atoms with Crippen LogP contribution in [0.25, 0.3) is 0 Å². The van der Waals surface area contributed by atoms with E-state index in [9.17, 15) is 0 Å². The van der Waals surface area contributed by atoms with Crippen molar-refractivity contribution in [3.63, 3.8) is 0 Å². The van der Waals surface area contributed by atoms with Gasteiger partial charge in [0.05, 0.1) is 26.3 Å². The minimum absolute atomic E-state index is 0. The van der Waals surface area contributed by atoms with E-state index in [0.29, 0.717) is 5.92 Å². The van der Waals surface area contributed by atoms with Crippen LogP contribution in [0.1, 0.15) is 38.8 Å². The van der Waals surface area contributed by atoms with Gasteiger partial charge in [-0.3, -0.25) is 9.89 Å². The normalized spacial score (nSPS) is 17.9. The van der Waals surface area contributed by atoms with E-state index in [1.807, 2.05) is 6.07 Å². The molecule has 6 nitrogen and oxygen atoms in total. The van der Waals surface area contributed by atoms with Gasteiger partial charge in [-0.2, -0.15) is 0 Å². The number of likely N-dealkylation sites (tertiary alicyclic amines) is 1. The molecule has 1 fully saturated rings. The second-order valence-corrected chi connectivity index (χ2v) is 7.26. The number of hydrogen-bond donors (Lipinski definition) is 1. The zero-order chi connectivity index (χ0) is 20.4. The van der Waals surface area contributed by atoms with Crippen LogP contribution in [0.2, 0.25) is 0 Å². The minimum atomic E-state index is 0. The summed E-state index contributed by atoms with van der Waals surface area (Å²) in [4.78, 5) is 9.88. The highest BCUT2D eigenvalue weighted by atomic mass is 127. The molecule has 1 aromatic carbocycles. The number of nitrogens with one attached hydrogen (secondary N) is 1. The predicted octanol–water partition coefficient (Wildman–Crippen LogP) is 3.63. The number of ether oxygens (including phenoxy) is 2. The molecule has 2 unspecified atom stereocenters. The Labute approximate surface area is 194 Å². The summed E-state index contributed by atoms with van der Waals surface area (Å²) < 4.78 is 10.8. The molecule has 0 spiro atoms. The van der Waals surface area contributed by atoms with Gasteiger partial charge in [-0.05, 0) is 44.1 Å². The van der Waals surface area contributed by atoms with Crippen LogP contribution < -0.4 is 10.1 Å². The molecule has 2 atom stereocenters. The largest absolute Gasteiger partial charge is 0.497 e. The number of halogens is 1. The molecule has 0 radical (unpaired) electrons. The topological polar surface area (TPSA) is 49.3 Å². The maximum absolute atomic E-state index is 5.45. The molecule has 29 heavy (non-hydrogen) atoms. The van der Waals surface area contributed by atoms with E-state index in [1.165, 1.54) is 5.56 Å². The predicted molar refractivity (Wildman–Crippen MR) is 132 cm³/mol. The summed E-state index contributed by atoms with van der Waals surface area (Å²) in [6, 6.07) is 8.61.